The van der Waals surface area contributed by atoms with Gasteiger partial charge >= 0.3 is 11.7 Å². The maximum atomic E-state index is 13.4. The van der Waals surface area contributed by atoms with Crippen molar-refractivity contribution in [2.24, 2.45) is 11.5 Å². The van der Waals surface area contributed by atoms with Crippen molar-refractivity contribution in [3.63, 3.8) is 0 Å². The lowest BCUT2D eigenvalue weighted by molar-refractivity contribution is -0.138. The number of halogens is 1. The predicted octanol–water partition coefficient (Wildman–Crippen LogP) is 2.73. The number of piperazine rings is 1. The molecule has 3 amide bonds. The highest BCUT2D eigenvalue weighted by Crippen LogP contribution is 2.27. The maximum absolute atomic E-state index is 13.4. The van der Waals surface area contributed by atoms with Gasteiger partial charge in [0.1, 0.15) is 5.82 Å². The molecule has 3 heterocycles. The largest absolute Gasteiger partial charge is 0.354 e. The van der Waals surface area contributed by atoms with E-state index in [1.807, 2.05) is 54.6 Å². The second kappa shape index (κ2) is 13.7. The number of likely N-dealkylation sites (tertiary alicyclic amines) is 1. The van der Waals surface area contributed by atoms with Crippen LogP contribution >= 0.6 is 12.4 Å². The lowest BCUT2D eigenvalue weighted by atomic mass is 9.99. The Morgan fingerprint density at radius 2 is 1.65 bits per heavy atom. The molecule has 2 aliphatic rings. The van der Waals surface area contributed by atoms with Crippen LogP contribution in [0.3, 0.4) is 0 Å². The number of carbonyl (C=O) groups is 2. The fraction of sp³-hybridized carbons (Fsp3) is 0.419. The number of hydrogen-bond donors (Lipinski definition) is 3. The molecule has 0 radical (unpaired) electrons. The first kappa shape index (κ1) is 32.2. The number of nitrogens with one attached hydrogen (secondary N) is 1. The Labute approximate surface area is 258 Å². The molecular weight excluding hydrogens is 568 g/mol. The number of piperidine rings is 1. The van der Waals surface area contributed by atoms with Crippen molar-refractivity contribution < 1.29 is 9.59 Å². The van der Waals surface area contributed by atoms with E-state index in [0.29, 0.717) is 31.4 Å². The molecular formula is C31H41ClN8O3. The normalized spacial score (nSPS) is 18.2. The third kappa shape index (κ3) is 7.80. The van der Waals surface area contributed by atoms with Crippen molar-refractivity contribution in [2.75, 3.05) is 38.0 Å². The number of carbonyl (C=O) groups excluding carboxylic acids is 2. The van der Waals surface area contributed by atoms with Crippen molar-refractivity contribution in [1.82, 2.24) is 24.3 Å². The summed E-state index contributed by atoms with van der Waals surface area (Å²) in [7, 11) is 0. The van der Waals surface area contributed by atoms with Gasteiger partial charge in [-0.3, -0.25) is 19.6 Å². The van der Waals surface area contributed by atoms with Gasteiger partial charge in [0, 0.05) is 38.4 Å². The van der Waals surface area contributed by atoms with Crippen LogP contribution in [0.4, 0.5) is 10.6 Å². The summed E-state index contributed by atoms with van der Waals surface area (Å²) < 4.78 is 1.45. The minimum atomic E-state index is -1.01. The van der Waals surface area contributed by atoms with Gasteiger partial charge in [-0.25, -0.2) is 9.59 Å². The highest BCUT2D eigenvalue weighted by atomic mass is 35.5. The van der Waals surface area contributed by atoms with E-state index < -0.39 is 17.3 Å². The summed E-state index contributed by atoms with van der Waals surface area (Å²) >= 11 is 0. The Kier molecular flexibility index (Phi) is 10.2. The van der Waals surface area contributed by atoms with Gasteiger partial charge < -0.3 is 21.3 Å². The van der Waals surface area contributed by atoms with Gasteiger partial charge in [0.25, 0.3) is 0 Å². The number of urea groups is 1. The van der Waals surface area contributed by atoms with Crippen LogP contribution in [-0.2, 0) is 11.3 Å². The average Bonchev–Trinajstić information content (AvgIpc) is 2.98. The van der Waals surface area contributed by atoms with Crippen LogP contribution in [0.1, 0.15) is 43.9 Å². The highest BCUT2D eigenvalue weighted by molar-refractivity contribution is 5.89. The Morgan fingerprint density at radius 1 is 0.977 bits per heavy atom. The SMILES string of the molecule is CC(C)(N)C(=O)N1CCN(C(=O)Nc2ccn(-c3ccc(CN4CCC(N)CC4)cc3)c(=O)n2)C(c2ccccc2)C1.Cl. The molecule has 1 unspecified atom stereocenters. The summed E-state index contributed by atoms with van der Waals surface area (Å²) in [6.07, 6.45) is 3.63. The number of nitrogens with zero attached hydrogens (tertiary/aromatic N) is 5. The Morgan fingerprint density at radius 3 is 2.28 bits per heavy atom. The van der Waals surface area contributed by atoms with Gasteiger partial charge in [0.15, 0.2) is 0 Å². The van der Waals surface area contributed by atoms with Gasteiger partial charge in [-0.15, -0.1) is 12.4 Å². The molecule has 0 saturated carbocycles. The fourth-order valence-corrected chi connectivity index (χ4v) is 5.56. The number of amides is 3. The van der Waals surface area contributed by atoms with Gasteiger partial charge in [-0.05, 0) is 69.1 Å². The minimum Gasteiger partial charge on any atom is -0.337 e. The van der Waals surface area contributed by atoms with E-state index >= 15 is 0 Å². The molecule has 12 heteroatoms. The summed E-state index contributed by atoms with van der Waals surface area (Å²) in [5.41, 5.74) is 13.4. The lowest BCUT2D eigenvalue weighted by Gasteiger charge is -2.43. The standard InChI is InChI=1S/C31H40N8O3.ClH/c1-31(2,33)28(40)37-18-19-39(26(21-37)23-6-4-3-5-7-23)30(42)35-27-14-17-38(29(41)34-27)25-10-8-22(9-11-25)20-36-15-12-24(32)13-16-36;/h3-11,14,17,24,26H,12-13,15-16,18-21,32-33H2,1-2H3,(H,34,35,41,42);1H. The number of benzene rings is 2. The first-order valence-electron chi connectivity index (χ1n) is 14.5. The molecule has 2 saturated heterocycles. The van der Waals surface area contributed by atoms with Crippen LogP contribution in [-0.4, -0.2) is 80.5 Å². The molecule has 2 aliphatic heterocycles. The second-order valence-electron chi connectivity index (χ2n) is 11.8. The van der Waals surface area contributed by atoms with Crippen molar-refractivity contribution >= 4 is 30.2 Å². The van der Waals surface area contributed by atoms with E-state index in [0.717, 1.165) is 38.0 Å². The molecule has 5 rings (SSSR count). The third-order valence-electron chi connectivity index (χ3n) is 7.96. The van der Waals surface area contributed by atoms with Crippen LogP contribution in [0.5, 0.6) is 0 Å². The fourth-order valence-electron chi connectivity index (χ4n) is 5.56. The lowest BCUT2D eigenvalue weighted by Crippen LogP contribution is -2.59. The molecule has 5 N–H and O–H groups in total. The van der Waals surface area contributed by atoms with Crippen LogP contribution < -0.4 is 22.5 Å². The zero-order valence-corrected chi connectivity index (χ0v) is 25.5. The summed E-state index contributed by atoms with van der Waals surface area (Å²) in [6, 6.07) is 18.5. The Balaban J connectivity index is 0.00000423. The maximum Gasteiger partial charge on any atom is 0.354 e. The van der Waals surface area contributed by atoms with Crippen molar-refractivity contribution in [2.45, 2.75) is 50.9 Å². The molecule has 0 bridgehead atoms. The molecule has 2 fully saturated rings. The first-order chi connectivity index (χ1) is 20.1. The summed E-state index contributed by atoms with van der Waals surface area (Å²) in [5.74, 6) is -0.00684. The monoisotopic (exact) mass is 608 g/mol. The highest BCUT2D eigenvalue weighted by Gasteiger charge is 2.37. The summed E-state index contributed by atoms with van der Waals surface area (Å²) in [4.78, 5) is 49.2. The molecule has 0 spiro atoms. The van der Waals surface area contributed by atoms with Crippen molar-refractivity contribution in [1.29, 1.82) is 0 Å². The van der Waals surface area contributed by atoms with Crippen LogP contribution in [0, 0.1) is 0 Å². The van der Waals surface area contributed by atoms with Crippen molar-refractivity contribution in [3.05, 3.63) is 88.5 Å². The number of aromatic nitrogens is 2. The molecule has 0 aliphatic carbocycles. The molecule has 11 nitrogen and oxygen atoms in total. The number of rotatable bonds is 6. The molecule has 43 heavy (non-hydrogen) atoms. The molecule has 3 aromatic rings. The van der Waals surface area contributed by atoms with Crippen LogP contribution in [0.15, 0.2) is 71.7 Å². The van der Waals surface area contributed by atoms with E-state index in [9.17, 15) is 14.4 Å². The van der Waals surface area contributed by atoms with E-state index in [1.165, 1.54) is 10.1 Å². The minimum absolute atomic E-state index is 0. The Bertz CT molecular complexity index is 1450. The number of nitrogens with two attached hydrogens (primary N) is 2. The summed E-state index contributed by atoms with van der Waals surface area (Å²) in [6.45, 7) is 7.17. The van der Waals surface area contributed by atoms with E-state index in [1.54, 1.807) is 35.9 Å². The quantitative estimate of drug-likeness (QED) is 0.390. The van der Waals surface area contributed by atoms with Gasteiger partial charge in [0.2, 0.25) is 5.91 Å². The topological polar surface area (TPSA) is 143 Å². The second-order valence-corrected chi connectivity index (χ2v) is 11.8. The molecule has 1 atom stereocenters. The molecule has 1 aromatic heterocycles. The predicted molar refractivity (Wildman–Crippen MR) is 169 cm³/mol. The van der Waals surface area contributed by atoms with Gasteiger partial charge in [-0.1, -0.05) is 42.5 Å². The number of hydrogen-bond acceptors (Lipinski definition) is 7. The van der Waals surface area contributed by atoms with E-state index in [2.05, 4.69) is 15.2 Å². The zero-order chi connectivity index (χ0) is 29.9. The molecule has 2 aromatic carbocycles. The van der Waals surface area contributed by atoms with Gasteiger partial charge in [-0.2, -0.15) is 4.98 Å². The smallest absolute Gasteiger partial charge is 0.337 e. The van der Waals surface area contributed by atoms with Crippen LogP contribution in [0.25, 0.3) is 5.69 Å². The number of anilines is 1. The van der Waals surface area contributed by atoms with Gasteiger partial charge in [0.05, 0.1) is 17.3 Å². The zero-order valence-electron chi connectivity index (χ0n) is 24.7. The third-order valence-corrected chi connectivity index (χ3v) is 7.96. The summed E-state index contributed by atoms with van der Waals surface area (Å²) in [5, 5.41) is 2.78. The van der Waals surface area contributed by atoms with E-state index in [4.69, 9.17) is 11.5 Å². The Hall–Kier alpha value is -3.77. The molecule has 230 valence electrons. The average molecular weight is 609 g/mol. The van der Waals surface area contributed by atoms with Crippen molar-refractivity contribution in [3.8, 4) is 5.69 Å². The van der Waals surface area contributed by atoms with Crippen LogP contribution in [0.2, 0.25) is 0 Å². The van der Waals surface area contributed by atoms with E-state index in [-0.39, 0.29) is 30.2 Å². The first-order valence-corrected chi connectivity index (χ1v) is 14.5.